The van der Waals surface area contributed by atoms with E-state index in [1.54, 1.807) is 11.3 Å². The van der Waals surface area contributed by atoms with Gasteiger partial charge in [-0.3, -0.25) is 0 Å². The number of benzene rings is 1. The van der Waals surface area contributed by atoms with E-state index in [9.17, 15) is 0 Å². The Hall–Kier alpha value is -1.23. The molecule has 3 nitrogen and oxygen atoms in total. The van der Waals surface area contributed by atoms with E-state index in [2.05, 4.69) is 41.5 Å². The minimum absolute atomic E-state index is 0.395. The number of aromatic nitrogens is 1. The van der Waals surface area contributed by atoms with Crippen LogP contribution in [0.1, 0.15) is 23.4 Å². The van der Waals surface area contributed by atoms with Gasteiger partial charge in [-0.1, -0.05) is 29.8 Å². The highest BCUT2D eigenvalue weighted by molar-refractivity contribution is 7.15. The van der Waals surface area contributed by atoms with Crippen molar-refractivity contribution in [2.24, 2.45) is 0 Å². The first-order valence-corrected chi connectivity index (χ1v) is 7.97. The number of hydrogen-bond donors (Lipinski definition) is 1. The van der Waals surface area contributed by atoms with Crippen LogP contribution in [0, 0.1) is 6.92 Å². The zero-order valence-corrected chi connectivity index (χ0v) is 12.6. The van der Waals surface area contributed by atoms with Crippen LogP contribution in [0.3, 0.4) is 0 Å². The van der Waals surface area contributed by atoms with Gasteiger partial charge < -0.3 is 10.1 Å². The first kappa shape index (κ1) is 13.7. The number of hydrogen-bond acceptors (Lipinski definition) is 4. The van der Waals surface area contributed by atoms with Gasteiger partial charge >= 0.3 is 0 Å². The van der Waals surface area contributed by atoms with Gasteiger partial charge in [0.1, 0.15) is 5.01 Å². The monoisotopic (exact) mass is 288 g/mol. The molecule has 106 valence electrons. The maximum atomic E-state index is 5.60. The van der Waals surface area contributed by atoms with Crippen LogP contribution in [0.15, 0.2) is 30.5 Å². The van der Waals surface area contributed by atoms with Crippen LogP contribution in [-0.2, 0) is 11.3 Å². The summed E-state index contributed by atoms with van der Waals surface area (Å²) in [7, 11) is 0. The highest BCUT2D eigenvalue weighted by atomic mass is 32.1. The largest absolute Gasteiger partial charge is 0.377 e. The first-order chi connectivity index (χ1) is 9.81. The molecule has 0 spiro atoms. The van der Waals surface area contributed by atoms with Crippen molar-refractivity contribution in [1.29, 1.82) is 0 Å². The van der Waals surface area contributed by atoms with Crippen LogP contribution in [0.25, 0.3) is 10.4 Å². The van der Waals surface area contributed by atoms with E-state index in [-0.39, 0.29) is 0 Å². The molecule has 1 aliphatic rings. The van der Waals surface area contributed by atoms with Gasteiger partial charge in [-0.15, -0.1) is 11.3 Å². The fraction of sp³-hybridized carbons (Fsp3) is 0.438. The van der Waals surface area contributed by atoms with Crippen molar-refractivity contribution < 1.29 is 4.74 Å². The second kappa shape index (κ2) is 6.48. The molecule has 0 bridgehead atoms. The topological polar surface area (TPSA) is 34.2 Å². The molecule has 1 N–H and O–H groups in total. The van der Waals surface area contributed by atoms with Crippen molar-refractivity contribution >= 4 is 11.3 Å². The Morgan fingerprint density at radius 2 is 2.40 bits per heavy atom. The molecule has 0 aliphatic carbocycles. The van der Waals surface area contributed by atoms with Crippen LogP contribution >= 0.6 is 11.3 Å². The van der Waals surface area contributed by atoms with E-state index in [0.717, 1.165) is 24.7 Å². The maximum absolute atomic E-state index is 5.60. The third-order valence-corrected chi connectivity index (χ3v) is 4.57. The van der Waals surface area contributed by atoms with Crippen LogP contribution in [-0.4, -0.2) is 24.2 Å². The number of rotatable bonds is 5. The van der Waals surface area contributed by atoms with Crippen molar-refractivity contribution in [2.45, 2.75) is 32.4 Å². The Bertz CT molecular complexity index is 561. The van der Waals surface area contributed by atoms with E-state index < -0.39 is 0 Å². The Kier molecular flexibility index (Phi) is 4.45. The van der Waals surface area contributed by atoms with E-state index >= 15 is 0 Å². The van der Waals surface area contributed by atoms with Gasteiger partial charge in [0, 0.05) is 25.9 Å². The quantitative estimate of drug-likeness (QED) is 0.915. The number of aryl methyl sites for hydroxylation is 1. The summed E-state index contributed by atoms with van der Waals surface area (Å²) in [5.74, 6) is 0. The predicted octanol–water partition coefficient (Wildman–Crippen LogP) is 3.39. The zero-order chi connectivity index (χ0) is 13.8. The second-order valence-electron chi connectivity index (χ2n) is 5.25. The molecular formula is C16H20N2OS. The summed E-state index contributed by atoms with van der Waals surface area (Å²) in [5, 5.41) is 4.58. The molecule has 1 aliphatic heterocycles. The molecule has 1 unspecified atom stereocenters. The Morgan fingerprint density at radius 1 is 1.45 bits per heavy atom. The summed E-state index contributed by atoms with van der Waals surface area (Å²) in [5.41, 5.74) is 2.54. The normalized spacial score (nSPS) is 18.6. The lowest BCUT2D eigenvalue weighted by molar-refractivity contribution is 0.110. The summed E-state index contributed by atoms with van der Waals surface area (Å²) in [4.78, 5) is 5.74. The van der Waals surface area contributed by atoms with E-state index in [0.29, 0.717) is 6.10 Å². The lowest BCUT2D eigenvalue weighted by Gasteiger charge is -2.09. The SMILES string of the molecule is Cc1cccc(-c2cnc(CNCC3CCCO3)s2)c1. The summed E-state index contributed by atoms with van der Waals surface area (Å²) < 4.78 is 5.60. The van der Waals surface area contributed by atoms with E-state index in [1.807, 2.05) is 6.20 Å². The van der Waals surface area contributed by atoms with Gasteiger partial charge in [0.25, 0.3) is 0 Å². The van der Waals surface area contributed by atoms with Crippen molar-refractivity contribution in [3.05, 3.63) is 41.0 Å². The minimum Gasteiger partial charge on any atom is -0.377 e. The Labute approximate surface area is 124 Å². The molecule has 0 radical (unpaired) electrons. The van der Waals surface area contributed by atoms with Crippen LogP contribution in [0.5, 0.6) is 0 Å². The fourth-order valence-electron chi connectivity index (χ4n) is 2.47. The first-order valence-electron chi connectivity index (χ1n) is 7.15. The molecule has 3 rings (SSSR count). The molecule has 4 heteroatoms. The summed E-state index contributed by atoms with van der Waals surface area (Å²) in [6.45, 7) is 4.80. The number of ether oxygens (including phenoxy) is 1. The van der Waals surface area contributed by atoms with Crippen molar-refractivity contribution in [3.8, 4) is 10.4 Å². The van der Waals surface area contributed by atoms with Gasteiger partial charge in [-0.2, -0.15) is 0 Å². The summed E-state index contributed by atoms with van der Waals surface area (Å²) in [6, 6.07) is 8.57. The van der Waals surface area contributed by atoms with E-state index in [1.165, 1.54) is 28.8 Å². The maximum Gasteiger partial charge on any atom is 0.107 e. The number of nitrogens with zero attached hydrogens (tertiary/aromatic N) is 1. The van der Waals surface area contributed by atoms with E-state index in [4.69, 9.17) is 4.74 Å². The van der Waals surface area contributed by atoms with Gasteiger partial charge in [0.15, 0.2) is 0 Å². The van der Waals surface area contributed by atoms with Crippen LogP contribution in [0.2, 0.25) is 0 Å². The Morgan fingerprint density at radius 3 is 3.20 bits per heavy atom. The van der Waals surface area contributed by atoms with Gasteiger partial charge in [0.2, 0.25) is 0 Å². The van der Waals surface area contributed by atoms with Crippen molar-refractivity contribution in [2.75, 3.05) is 13.2 Å². The van der Waals surface area contributed by atoms with Gasteiger partial charge in [0.05, 0.1) is 11.0 Å². The molecule has 1 aromatic heterocycles. The zero-order valence-electron chi connectivity index (χ0n) is 11.8. The highest BCUT2D eigenvalue weighted by Gasteiger charge is 2.14. The van der Waals surface area contributed by atoms with Crippen molar-refractivity contribution in [1.82, 2.24) is 10.3 Å². The lowest BCUT2D eigenvalue weighted by atomic mass is 10.1. The average molecular weight is 288 g/mol. The number of nitrogens with one attached hydrogen (secondary N) is 1. The average Bonchev–Trinajstić information content (AvgIpc) is 3.10. The fourth-order valence-corrected chi connectivity index (χ4v) is 3.35. The molecule has 1 atom stereocenters. The summed E-state index contributed by atoms with van der Waals surface area (Å²) in [6.07, 6.45) is 4.74. The standard InChI is InChI=1S/C16H20N2OS/c1-12-4-2-5-13(8-12)15-10-18-16(20-15)11-17-9-14-6-3-7-19-14/h2,4-5,8,10,14,17H,3,6-7,9,11H2,1H3. The molecule has 0 saturated carbocycles. The van der Waals surface area contributed by atoms with Crippen molar-refractivity contribution in [3.63, 3.8) is 0 Å². The number of thiazole rings is 1. The third kappa shape index (κ3) is 3.45. The highest BCUT2D eigenvalue weighted by Crippen LogP contribution is 2.26. The molecule has 2 heterocycles. The third-order valence-electron chi connectivity index (χ3n) is 3.53. The van der Waals surface area contributed by atoms with Crippen LogP contribution in [0.4, 0.5) is 0 Å². The Balaban J connectivity index is 1.56. The van der Waals surface area contributed by atoms with Crippen LogP contribution < -0.4 is 5.32 Å². The van der Waals surface area contributed by atoms with Gasteiger partial charge in [-0.25, -0.2) is 4.98 Å². The second-order valence-corrected chi connectivity index (χ2v) is 6.37. The summed E-state index contributed by atoms with van der Waals surface area (Å²) >= 11 is 1.76. The predicted molar refractivity (Wildman–Crippen MR) is 83.0 cm³/mol. The lowest BCUT2D eigenvalue weighted by Crippen LogP contribution is -2.25. The smallest absolute Gasteiger partial charge is 0.107 e. The van der Waals surface area contributed by atoms with Gasteiger partial charge in [-0.05, 0) is 25.3 Å². The molecule has 1 aromatic carbocycles. The molecule has 1 fully saturated rings. The molecule has 0 amide bonds. The molecule has 20 heavy (non-hydrogen) atoms. The minimum atomic E-state index is 0.395. The molecule has 2 aromatic rings. The molecule has 1 saturated heterocycles. The molecular weight excluding hydrogens is 268 g/mol.